The Kier molecular flexibility index (Phi) is 4.72. The highest BCUT2D eigenvalue weighted by Crippen LogP contribution is 2.17. The number of nitrogens with zero attached hydrogens (tertiary/aromatic N) is 1. The van der Waals surface area contributed by atoms with Gasteiger partial charge in [-0.2, -0.15) is 0 Å². The molecule has 1 aromatic heterocycles. The van der Waals surface area contributed by atoms with E-state index in [9.17, 15) is 4.79 Å². The van der Waals surface area contributed by atoms with E-state index in [2.05, 4.69) is 17.2 Å². The van der Waals surface area contributed by atoms with Crippen LogP contribution in [0.4, 0.5) is 0 Å². The number of oxazole rings is 1. The summed E-state index contributed by atoms with van der Waals surface area (Å²) in [5, 5.41) is 2.86. The van der Waals surface area contributed by atoms with Gasteiger partial charge in [0, 0.05) is 12.1 Å². The van der Waals surface area contributed by atoms with Crippen LogP contribution in [0.3, 0.4) is 0 Å². The molecule has 1 amide bonds. The lowest BCUT2D eigenvalue weighted by atomic mass is 10.2. The van der Waals surface area contributed by atoms with Gasteiger partial charge in [-0.15, -0.1) is 0 Å². The fraction of sp³-hybridized carbons (Fsp3) is 0.333. The highest BCUT2D eigenvalue weighted by molar-refractivity contribution is 5.78. The van der Waals surface area contributed by atoms with Gasteiger partial charge in [-0.25, -0.2) is 4.98 Å². The van der Waals surface area contributed by atoms with Gasteiger partial charge in [-0.05, 0) is 18.6 Å². The number of carbonyl (C=O) groups excluding carboxylic acids is 1. The Morgan fingerprint density at radius 1 is 1.32 bits per heavy atom. The molecule has 19 heavy (non-hydrogen) atoms. The summed E-state index contributed by atoms with van der Waals surface area (Å²) in [5.41, 5.74) is 1.58. The van der Waals surface area contributed by atoms with E-state index >= 15 is 0 Å². The molecule has 0 aliphatic carbocycles. The molecule has 1 N–H and O–H groups in total. The van der Waals surface area contributed by atoms with Gasteiger partial charge >= 0.3 is 0 Å². The number of unbranched alkanes of at least 4 members (excludes halogenated alkanes) is 1. The molecule has 0 aliphatic heterocycles. The SMILES string of the molecule is CCCCNC(=O)Cc1coc(-c2ccccc2)n1. The number of hydrogen-bond acceptors (Lipinski definition) is 3. The summed E-state index contributed by atoms with van der Waals surface area (Å²) in [7, 11) is 0. The maximum absolute atomic E-state index is 11.6. The van der Waals surface area contributed by atoms with E-state index in [4.69, 9.17) is 4.42 Å². The van der Waals surface area contributed by atoms with Gasteiger partial charge < -0.3 is 9.73 Å². The minimum atomic E-state index is -0.0126. The van der Waals surface area contributed by atoms with Crippen LogP contribution in [0.1, 0.15) is 25.5 Å². The number of aromatic nitrogens is 1. The van der Waals surface area contributed by atoms with Gasteiger partial charge in [0.25, 0.3) is 0 Å². The Hall–Kier alpha value is -2.10. The van der Waals surface area contributed by atoms with Gasteiger partial charge in [0.2, 0.25) is 11.8 Å². The summed E-state index contributed by atoms with van der Waals surface area (Å²) in [6.45, 7) is 2.81. The molecule has 0 spiro atoms. The van der Waals surface area contributed by atoms with Crippen LogP contribution in [0.25, 0.3) is 11.5 Å². The highest BCUT2D eigenvalue weighted by Gasteiger charge is 2.09. The molecule has 0 radical (unpaired) electrons. The molecule has 0 saturated heterocycles. The molecular weight excluding hydrogens is 240 g/mol. The molecule has 2 rings (SSSR count). The molecule has 2 aromatic rings. The second-order valence-corrected chi connectivity index (χ2v) is 4.39. The standard InChI is InChI=1S/C15H18N2O2/c1-2-3-9-16-14(18)10-13-11-19-15(17-13)12-7-5-4-6-8-12/h4-8,11H,2-3,9-10H2,1H3,(H,16,18). The third-order valence-electron chi connectivity index (χ3n) is 2.77. The van der Waals surface area contributed by atoms with Gasteiger partial charge in [0.1, 0.15) is 6.26 Å². The number of rotatable bonds is 6. The van der Waals surface area contributed by atoms with Crippen LogP contribution in [-0.4, -0.2) is 17.4 Å². The molecule has 1 heterocycles. The molecule has 0 fully saturated rings. The van der Waals surface area contributed by atoms with Crippen molar-refractivity contribution >= 4 is 5.91 Å². The first-order chi connectivity index (χ1) is 9.29. The summed E-state index contributed by atoms with van der Waals surface area (Å²) >= 11 is 0. The monoisotopic (exact) mass is 258 g/mol. The molecule has 4 heteroatoms. The second kappa shape index (κ2) is 6.73. The smallest absolute Gasteiger partial charge is 0.226 e. The average Bonchev–Trinajstić information content (AvgIpc) is 2.88. The van der Waals surface area contributed by atoms with Crippen LogP contribution in [-0.2, 0) is 11.2 Å². The Balaban J connectivity index is 1.93. The van der Waals surface area contributed by atoms with Crippen molar-refractivity contribution in [2.24, 2.45) is 0 Å². The molecule has 0 aliphatic rings. The van der Waals surface area contributed by atoms with E-state index in [1.165, 1.54) is 0 Å². The second-order valence-electron chi connectivity index (χ2n) is 4.39. The van der Waals surface area contributed by atoms with Crippen molar-refractivity contribution in [1.82, 2.24) is 10.3 Å². The van der Waals surface area contributed by atoms with Crippen molar-refractivity contribution in [1.29, 1.82) is 0 Å². The van der Waals surface area contributed by atoms with Gasteiger partial charge in [-0.1, -0.05) is 31.5 Å². The zero-order valence-electron chi connectivity index (χ0n) is 11.1. The summed E-state index contributed by atoms with van der Waals surface area (Å²) in [5.74, 6) is 0.540. The maximum Gasteiger partial charge on any atom is 0.226 e. The topological polar surface area (TPSA) is 55.1 Å². The van der Waals surface area contributed by atoms with Gasteiger partial charge in [-0.3, -0.25) is 4.79 Å². The highest BCUT2D eigenvalue weighted by atomic mass is 16.3. The lowest BCUT2D eigenvalue weighted by Crippen LogP contribution is -2.26. The number of benzene rings is 1. The summed E-state index contributed by atoms with van der Waals surface area (Å²) in [4.78, 5) is 16.0. The van der Waals surface area contributed by atoms with Crippen molar-refractivity contribution in [3.05, 3.63) is 42.3 Å². The van der Waals surface area contributed by atoms with Crippen LogP contribution >= 0.6 is 0 Å². The van der Waals surface area contributed by atoms with Crippen LogP contribution < -0.4 is 5.32 Å². The zero-order chi connectivity index (χ0) is 13.5. The van der Waals surface area contributed by atoms with Crippen LogP contribution in [0.5, 0.6) is 0 Å². The largest absolute Gasteiger partial charge is 0.444 e. The first-order valence-corrected chi connectivity index (χ1v) is 6.56. The van der Waals surface area contributed by atoms with E-state index in [-0.39, 0.29) is 12.3 Å². The van der Waals surface area contributed by atoms with Crippen LogP contribution in [0, 0.1) is 0 Å². The van der Waals surface area contributed by atoms with E-state index < -0.39 is 0 Å². The summed E-state index contributed by atoms with van der Waals surface area (Å²) < 4.78 is 5.39. The first-order valence-electron chi connectivity index (χ1n) is 6.56. The number of carbonyl (C=O) groups is 1. The predicted molar refractivity (Wildman–Crippen MR) is 73.6 cm³/mol. The van der Waals surface area contributed by atoms with E-state index in [0.29, 0.717) is 11.6 Å². The third kappa shape index (κ3) is 3.95. The predicted octanol–water partition coefficient (Wildman–Crippen LogP) is 2.80. The van der Waals surface area contributed by atoms with Crippen molar-refractivity contribution in [2.45, 2.75) is 26.2 Å². The molecule has 4 nitrogen and oxygen atoms in total. The maximum atomic E-state index is 11.6. The van der Waals surface area contributed by atoms with Crippen molar-refractivity contribution in [2.75, 3.05) is 6.54 Å². The molecule has 0 bridgehead atoms. The molecular formula is C15H18N2O2. The normalized spacial score (nSPS) is 10.4. The molecule has 1 aromatic carbocycles. The van der Waals surface area contributed by atoms with Crippen LogP contribution in [0.15, 0.2) is 41.0 Å². The minimum absolute atomic E-state index is 0.0126. The molecule has 0 atom stereocenters. The Morgan fingerprint density at radius 3 is 2.84 bits per heavy atom. The van der Waals surface area contributed by atoms with Crippen LogP contribution in [0.2, 0.25) is 0 Å². The fourth-order valence-electron chi connectivity index (χ4n) is 1.73. The Labute approximate surface area is 112 Å². The van der Waals surface area contributed by atoms with E-state index in [0.717, 1.165) is 24.9 Å². The summed E-state index contributed by atoms with van der Waals surface area (Å²) in [6.07, 6.45) is 3.88. The third-order valence-corrected chi connectivity index (χ3v) is 2.77. The van der Waals surface area contributed by atoms with Crippen molar-refractivity contribution in [3.63, 3.8) is 0 Å². The molecule has 0 saturated carbocycles. The van der Waals surface area contributed by atoms with Gasteiger partial charge in [0.15, 0.2) is 0 Å². The zero-order valence-corrected chi connectivity index (χ0v) is 11.1. The van der Waals surface area contributed by atoms with Crippen molar-refractivity contribution < 1.29 is 9.21 Å². The fourth-order valence-corrected chi connectivity index (χ4v) is 1.73. The molecule has 0 unspecified atom stereocenters. The number of nitrogens with one attached hydrogen (secondary N) is 1. The lowest BCUT2D eigenvalue weighted by Gasteiger charge is -2.01. The summed E-state index contributed by atoms with van der Waals surface area (Å²) in [6, 6.07) is 9.65. The van der Waals surface area contributed by atoms with E-state index in [1.54, 1.807) is 6.26 Å². The Bertz CT molecular complexity index is 520. The minimum Gasteiger partial charge on any atom is -0.444 e. The number of amides is 1. The average molecular weight is 258 g/mol. The molecule has 100 valence electrons. The number of hydrogen-bond donors (Lipinski definition) is 1. The lowest BCUT2D eigenvalue weighted by molar-refractivity contribution is -0.120. The quantitative estimate of drug-likeness (QED) is 0.811. The van der Waals surface area contributed by atoms with E-state index in [1.807, 2.05) is 30.3 Å². The van der Waals surface area contributed by atoms with Crippen molar-refractivity contribution in [3.8, 4) is 11.5 Å². The van der Waals surface area contributed by atoms with Gasteiger partial charge in [0.05, 0.1) is 12.1 Å². The first kappa shape index (κ1) is 13.3. The Morgan fingerprint density at radius 2 is 2.11 bits per heavy atom.